The van der Waals surface area contributed by atoms with E-state index in [1.165, 1.54) is 6.07 Å². The fourth-order valence-electron chi connectivity index (χ4n) is 2.93. The molecule has 22 heavy (non-hydrogen) atoms. The highest BCUT2D eigenvalue weighted by Gasteiger charge is 2.36. The molecule has 0 saturated heterocycles. The lowest BCUT2D eigenvalue weighted by atomic mass is 9.78. The number of carboxylic acid groups (broad SMARTS) is 1. The van der Waals surface area contributed by atoms with Gasteiger partial charge in [-0.2, -0.15) is 0 Å². The summed E-state index contributed by atoms with van der Waals surface area (Å²) in [5.41, 5.74) is 0.440. The van der Waals surface area contributed by atoms with Gasteiger partial charge in [0, 0.05) is 0 Å². The van der Waals surface area contributed by atoms with Gasteiger partial charge in [0.05, 0.1) is 17.9 Å². The van der Waals surface area contributed by atoms with Gasteiger partial charge in [0.1, 0.15) is 0 Å². The molecule has 0 spiro atoms. The summed E-state index contributed by atoms with van der Waals surface area (Å²) in [6.45, 7) is 1.66. The Kier molecular flexibility index (Phi) is 5.11. The van der Waals surface area contributed by atoms with E-state index in [-0.39, 0.29) is 5.91 Å². The second-order valence-corrected chi connectivity index (χ2v) is 5.74. The molecule has 2 rings (SSSR count). The highest BCUT2D eigenvalue weighted by molar-refractivity contribution is 5.85. The van der Waals surface area contributed by atoms with Crippen molar-refractivity contribution in [2.45, 2.75) is 38.6 Å². The number of hydrogen-bond acceptors (Lipinski definition) is 2. The maximum atomic E-state index is 13.2. The van der Waals surface area contributed by atoms with Crippen LogP contribution in [0.1, 0.15) is 44.2 Å². The largest absolute Gasteiger partial charge is 0.481 e. The third-order valence-corrected chi connectivity index (χ3v) is 4.22. The fraction of sp³-hybridized carbons (Fsp3) is 0.500. The maximum Gasteiger partial charge on any atom is 0.307 e. The zero-order valence-corrected chi connectivity index (χ0v) is 12.3. The lowest BCUT2D eigenvalue weighted by Crippen LogP contribution is -2.40. The monoisotopic (exact) mass is 311 g/mol. The highest BCUT2D eigenvalue weighted by Crippen LogP contribution is 2.31. The van der Waals surface area contributed by atoms with Crippen molar-refractivity contribution in [2.24, 2.45) is 11.8 Å². The van der Waals surface area contributed by atoms with E-state index in [0.717, 1.165) is 25.0 Å². The van der Waals surface area contributed by atoms with Crippen LogP contribution in [0, 0.1) is 23.5 Å². The van der Waals surface area contributed by atoms with Gasteiger partial charge in [-0.15, -0.1) is 0 Å². The average molecular weight is 311 g/mol. The molecule has 6 heteroatoms. The summed E-state index contributed by atoms with van der Waals surface area (Å²) in [6.07, 6.45) is 2.65. The van der Waals surface area contributed by atoms with Crippen LogP contribution >= 0.6 is 0 Å². The van der Waals surface area contributed by atoms with Crippen LogP contribution in [0.4, 0.5) is 8.78 Å². The molecule has 1 aliphatic carbocycles. The molecule has 0 aliphatic heterocycles. The number of benzene rings is 1. The van der Waals surface area contributed by atoms with Crippen LogP contribution in [-0.4, -0.2) is 17.0 Å². The standard InChI is InChI=1S/C16H19F2NO3/c1-9(10-6-7-13(17)14(18)8-10)19-15(20)11-4-2-3-5-12(11)16(21)22/h6-9,11-12H,2-5H2,1H3,(H,19,20)(H,21,22)/t9-,11-,12-/m0/s1. The van der Waals surface area contributed by atoms with Gasteiger partial charge in [-0.25, -0.2) is 8.78 Å². The minimum Gasteiger partial charge on any atom is -0.481 e. The quantitative estimate of drug-likeness (QED) is 0.898. The Balaban J connectivity index is 2.06. The first-order valence-corrected chi connectivity index (χ1v) is 7.38. The SMILES string of the molecule is C[C@H](NC(=O)[C@H]1CCCC[C@@H]1C(=O)O)c1ccc(F)c(F)c1. The third kappa shape index (κ3) is 3.61. The summed E-state index contributed by atoms with van der Waals surface area (Å²) in [6, 6.07) is 2.93. The van der Waals surface area contributed by atoms with E-state index in [0.29, 0.717) is 18.4 Å². The van der Waals surface area contributed by atoms with Gasteiger partial charge in [-0.3, -0.25) is 9.59 Å². The van der Waals surface area contributed by atoms with Gasteiger partial charge >= 0.3 is 5.97 Å². The lowest BCUT2D eigenvalue weighted by Gasteiger charge is -2.28. The van der Waals surface area contributed by atoms with Crippen molar-refractivity contribution in [3.63, 3.8) is 0 Å². The molecule has 0 heterocycles. The number of amides is 1. The topological polar surface area (TPSA) is 66.4 Å². The maximum absolute atomic E-state index is 13.2. The molecule has 2 N–H and O–H groups in total. The summed E-state index contributed by atoms with van der Waals surface area (Å²) in [5, 5.41) is 11.9. The Bertz CT molecular complexity index is 577. The predicted molar refractivity (Wildman–Crippen MR) is 76.0 cm³/mol. The minimum absolute atomic E-state index is 0.343. The zero-order chi connectivity index (χ0) is 16.3. The molecule has 120 valence electrons. The van der Waals surface area contributed by atoms with Crippen LogP contribution in [-0.2, 0) is 9.59 Å². The van der Waals surface area contributed by atoms with Gasteiger partial charge in [0.2, 0.25) is 5.91 Å². The third-order valence-electron chi connectivity index (χ3n) is 4.22. The molecular weight excluding hydrogens is 292 g/mol. The van der Waals surface area contributed by atoms with Gasteiger partial charge in [-0.1, -0.05) is 18.9 Å². The van der Waals surface area contributed by atoms with Crippen molar-refractivity contribution in [3.8, 4) is 0 Å². The van der Waals surface area contributed by atoms with Crippen molar-refractivity contribution in [2.75, 3.05) is 0 Å². The molecule has 1 aliphatic rings. The Hall–Kier alpha value is -1.98. The molecule has 1 aromatic carbocycles. The number of hydrogen-bond donors (Lipinski definition) is 2. The first kappa shape index (κ1) is 16.4. The van der Waals surface area contributed by atoms with E-state index in [2.05, 4.69) is 5.32 Å². The molecule has 1 aromatic rings. The van der Waals surface area contributed by atoms with Gasteiger partial charge in [-0.05, 0) is 37.5 Å². The van der Waals surface area contributed by atoms with Crippen LogP contribution in [0.2, 0.25) is 0 Å². The van der Waals surface area contributed by atoms with Crippen molar-refractivity contribution >= 4 is 11.9 Å². The molecule has 1 saturated carbocycles. The van der Waals surface area contributed by atoms with Crippen molar-refractivity contribution in [3.05, 3.63) is 35.4 Å². The summed E-state index contributed by atoms with van der Waals surface area (Å²) in [7, 11) is 0. The number of carbonyl (C=O) groups excluding carboxylic acids is 1. The Morgan fingerprint density at radius 3 is 2.41 bits per heavy atom. The van der Waals surface area contributed by atoms with E-state index in [9.17, 15) is 23.5 Å². The number of rotatable bonds is 4. The van der Waals surface area contributed by atoms with Gasteiger partial charge in [0.25, 0.3) is 0 Å². The van der Waals surface area contributed by atoms with Crippen LogP contribution in [0.15, 0.2) is 18.2 Å². The number of carboxylic acids is 1. The van der Waals surface area contributed by atoms with E-state index < -0.39 is 35.5 Å². The molecule has 3 atom stereocenters. The van der Waals surface area contributed by atoms with E-state index in [1.54, 1.807) is 6.92 Å². The molecule has 4 nitrogen and oxygen atoms in total. The van der Waals surface area contributed by atoms with E-state index in [4.69, 9.17) is 0 Å². The Morgan fingerprint density at radius 1 is 1.18 bits per heavy atom. The Labute approximate surface area is 127 Å². The minimum atomic E-state index is -0.973. The molecule has 0 unspecified atom stereocenters. The summed E-state index contributed by atoms with van der Waals surface area (Å²) >= 11 is 0. The average Bonchev–Trinajstić information content (AvgIpc) is 2.49. The van der Waals surface area contributed by atoms with Gasteiger partial charge in [0.15, 0.2) is 11.6 Å². The number of aliphatic carboxylic acids is 1. The predicted octanol–water partition coefficient (Wildman–Crippen LogP) is 3.03. The van der Waals surface area contributed by atoms with Crippen molar-refractivity contribution in [1.29, 1.82) is 0 Å². The smallest absolute Gasteiger partial charge is 0.307 e. The number of halogens is 2. The lowest BCUT2D eigenvalue weighted by molar-refractivity contribution is -0.149. The summed E-state index contributed by atoms with van der Waals surface area (Å²) < 4.78 is 26.2. The molecule has 1 amide bonds. The second-order valence-electron chi connectivity index (χ2n) is 5.74. The highest BCUT2D eigenvalue weighted by atomic mass is 19.2. The van der Waals surface area contributed by atoms with Crippen LogP contribution in [0.5, 0.6) is 0 Å². The number of carbonyl (C=O) groups is 2. The van der Waals surface area contributed by atoms with E-state index in [1.807, 2.05) is 0 Å². The molecule has 0 bridgehead atoms. The van der Waals surface area contributed by atoms with Crippen molar-refractivity contribution in [1.82, 2.24) is 5.32 Å². The van der Waals surface area contributed by atoms with Crippen molar-refractivity contribution < 1.29 is 23.5 Å². The van der Waals surface area contributed by atoms with E-state index >= 15 is 0 Å². The second kappa shape index (κ2) is 6.85. The molecule has 0 radical (unpaired) electrons. The molecule has 0 aromatic heterocycles. The first-order chi connectivity index (χ1) is 10.4. The first-order valence-electron chi connectivity index (χ1n) is 7.38. The normalized spacial score (nSPS) is 22.9. The fourth-order valence-corrected chi connectivity index (χ4v) is 2.93. The Morgan fingerprint density at radius 2 is 1.82 bits per heavy atom. The van der Waals surface area contributed by atoms with Crippen LogP contribution in [0.25, 0.3) is 0 Å². The van der Waals surface area contributed by atoms with Crippen LogP contribution < -0.4 is 5.32 Å². The summed E-state index contributed by atoms with van der Waals surface area (Å²) in [5.74, 6) is -4.46. The van der Waals surface area contributed by atoms with Crippen LogP contribution in [0.3, 0.4) is 0 Å². The number of nitrogens with one attached hydrogen (secondary N) is 1. The van der Waals surface area contributed by atoms with Gasteiger partial charge < -0.3 is 10.4 Å². The molecule has 1 fully saturated rings. The molecular formula is C16H19F2NO3. The zero-order valence-electron chi connectivity index (χ0n) is 12.3. The summed E-state index contributed by atoms with van der Waals surface area (Å²) in [4.78, 5) is 23.5.